The summed E-state index contributed by atoms with van der Waals surface area (Å²) in [6.45, 7) is 10.8. The van der Waals surface area contributed by atoms with Crippen molar-refractivity contribution in [2.24, 2.45) is 5.90 Å². The molecule has 0 bridgehead atoms. The number of benzene rings is 2. The molecule has 0 atom stereocenters. The van der Waals surface area contributed by atoms with E-state index in [0.717, 1.165) is 22.3 Å². The average molecular weight is 430 g/mol. The van der Waals surface area contributed by atoms with Crippen molar-refractivity contribution in [3.05, 3.63) is 57.6 Å². The topological polar surface area (TPSA) is 113 Å². The molecule has 9 heteroatoms. The van der Waals surface area contributed by atoms with Gasteiger partial charge in [-0.05, 0) is 63.8 Å². The van der Waals surface area contributed by atoms with Crippen LogP contribution in [0.3, 0.4) is 0 Å². The van der Waals surface area contributed by atoms with Gasteiger partial charge in [-0.15, -0.1) is 0 Å². The summed E-state index contributed by atoms with van der Waals surface area (Å²) in [5, 5.41) is 0. The SMILES string of the molecule is COS(=O)(=O)c1c(C)cc(C)cc1C.Cc1cc(C)c(S(=O)(=O)ON)c(C)c1. The number of aryl methyl sites for hydroxylation is 6. The number of hydrogen-bond donors (Lipinski definition) is 1. The fourth-order valence-corrected chi connectivity index (χ4v) is 5.33. The molecule has 0 aliphatic rings. The first kappa shape index (κ1) is 24.3. The highest BCUT2D eigenvalue weighted by molar-refractivity contribution is 7.87. The van der Waals surface area contributed by atoms with Gasteiger partial charge in [-0.3, -0.25) is 4.18 Å². The van der Waals surface area contributed by atoms with E-state index in [4.69, 9.17) is 5.90 Å². The summed E-state index contributed by atoms with van der Waals surface area (Å²) in [6, 6.07) is 7.22. The standard InChI is InChI=1S/C10H14O3S.C9H13NO3S/c1-7-5-8(2)10(9(3)6-7)14(11,12)13-4;1-6-4-7(2)9(8(3)5-6)14(11,12)13-10/h5-6H,1-4H3;4-5H,10H2,1-3H3. The zero-order valence-electron chi connectivity index (χ0n) is 17.2. The van der Waals surface area contributed by atoms with Crippen LogP contribution in [0.2, 0.25) is 0 Å². The summed E-state index contributed by atoms with van der Waals surface area (Å²) >= 11 is 0. The zero-order chi connectivity index (χ0) is 21.9. The molecule has 156 valence electrons. The third-order valence-electron chi connectivity index (χ3n) is 4.06. The predicted octanol–water partition coefficient (Wildman–Crippen LogP) is 3.14. The molecule has 2 rings (SSSR count). The Balaban J connectivity index is 0.000000280. The van der Waals surface area contributed by atoms with Gasteiger partial charge in [-0.25, -0.2) is 0 Å². The molecule has 2 aromatic rings. The number of hydrogen-bond acceptors (Lipinski definition) is 7. The fraction of sp³-hybridized carbons (Fsp3) is 0.368. The van der Waals surface area contributed by atoms with Crippen molar-refractivity contribution < 1.29 is 25.3 Å². The highest BCUT2D eigenvalue weighted by Crippen LogP contribution is 2.23. The van der Waals surface area contributed by atoms with Gasteiger partial charge in [0, 0.05) is 0 Å². The average Bonchev–Trinajstić information content (AvgIpc) is 2.52. The Hall–Kier alpha value is -1.78. The second-order valence-corrected chi connectivity index (χ2v) is 9.79. The fourth-order valence-electron chi connectivity index (χ4n) is 3.25. The second kappa shape index (κ2) is 9.15. The molecule has 2 N–H and O–H groups in total. The molecule has 0 amide bonds. The van der Waals surface area contributed by atoms with Crippen LogP contribution in [0.4, 0.5) is 0 Å². The molecule has 0 saturated heterocycles. The van der Waals surface area contributed by atoms with Crippen LogP contribution in [-0.2, 0) is 28.7 Å². The molecule has 0 unspecified atom stereocenters. The molecule has 0 aliphatic carbocycles. The van der Waals surface area contributed by atoms with Crippen molar-refractivity contribution in [2.45, 2.75) is 51.3 Å². The van der Waals surface area contributed by atoms with E-state index >= 15 is 0 Å². The van der Waals surface area contributed by atoms with Gasteiger partial charge in [0.25, 0.3) is 10.1 Å². The van der Waals surface area contributed by atoms with Crippen LogP contribution in [0, 0.1) is 41.5 Å². The van der Waals surface area contributed by atoms with Gasteiger partial charge in [-0.2, -0.15) is 27.0 Å². The lowest BCUT2D eigenvalue weighted by Gasteiger charge is -2.09. The Morgan fingerprint density at radius 2 is 0.929 bits per heavy atom. The van der Waals surface area contributed by atoms with Gasteiger partial charge in [0.05, 0.1) is 12.0 Å². The van der Waals surface area contributed by atoms with Crippen LogP contribution in [-0.4, -0.2) is 23.9 Å². The van der Waals surface area contributed by atoms with Crippen LogP contribution >= 0.6 is 0 Å². The van der Waals surface area contributed by atoms with Crippen molar-refractivity contribution in [1.29, 1.82) is 0 Å². The highest BCUT2D eigenvalue weighted by atomic mass is 32.2. The van der Waals surface area contributed by atoms with Crippen molar-refractivity contribution >= 4 is 20.2 Å². The predicted molar refractivity (Wildman–Crippen MR) is 108 cm³/mol. The molecular formula is C19H27NO6S2. The first-order valence-electron chi connectivity index (χ1n) is 8.36. The van der Waals surface area contributed by atoms with Crippen LogP contribution in [0.1, 0.15) is 33.4 Å². The van der Waals surface area contributed by atoms with E-state index in [1.54, 1.807) is 39.8 Å². The van der Waals surface area contributed by atoms with Crippen LogP contribution < -0.4 is 5.90 Å². The molecule has 0 spiro atoms. The molecule has 0 aromatic heterocycles. The smallest absolute Gasteiger partial charge is 0.270 e. The molecule has 28 heavy (non-hydrogen) atoms. The van der Waals surface area contributed by atoms with E-state index in [0.29, 0.717) is 11.1 Å². The Kier molecular flexibility index (Phi) is 7.92. The normalized spacial score (nSPS) is 11.7. The quantitative estimate of drug-likeness (QED) is 0.587. The van der Waals surface area contributed by atoms with Gasteiger partial charge in [0.15, 0.2) is 0 Å². The maximum Gasteiger partial charge on any atom is 0.313 e. The summed E-state index contributed by atoms with van der Waals surface area (Å²) in [7, 11) is -6.20. The molecule has 0 radical (unpaired) electrons. The maximum absolute atomic E-state index is 11.5. The number of nitrogens with two attached hydrogens (primary N) is 1. The lowest BCUT2D eigenvalue weighted by Crippen LogP contribution is -2.14. The van der Waals surface area contributed by atoms with E-state index in [1.165, 1.54) is 7.11 Å². The summed E-state index contributed by atoms with van der Waals surface area (Å²) in [5.41, 5.74) is 4.81. The Morgan fingerprint density at radius 1 is 0.643 bits per heavy atom. The number of rotatable bonds is 4. The molecular weight excluding hydrogens is 402 g/mol. The summed E-state index contributed by atoms with van der Waals surface area (Å²) in [4.78, 5) is 0.441. The van der Waals surface area contributed by atoms with Gasteiger partial charge in [0.2, 0.25) is 0 Å². The lowest BCUT2D eigenvalue weighted by molar-refractivity contribution is 0.332. The summed E-state index contributed by atoms with van der Waals surface area (Å²) in [6.07, 6.45) is 0. The van der Waals surface area contributed by atoms with Gasteiger partial charge in [0.1, 0.15) is 4.90 Å². The van der Waals surface area contributed by atoms with Crippen LogP contribution in [0.25, 0.3) is 0 Å². The van der Waals surface area contributed by atoms with Crippen molar-refractivity contribution in [1.82, 2.24) is 0 Å². The Morgan fingerprint density at radius 3 is 1.18 bits per heavy atom. The Labute approximate surface area is 167 Å². The molecule has 0 aliphatic heterocycles. The van der Waals surface area contributed by atoms with Gasteiger partial charge < -0.3 is 0 Å². The van der Waals surface area contributed by atoms with Crippen LogP contribution in [0.5, 0.6) is 0 Å². The van der Waals surface area contributed by atoms with E-state index in [1.807, 2.05) is 26.0 Å². The monoisotopic (exact) mass is 429 g/mol. The largest absolute Gasteiger partial charge is 0.313 e. The lowest BCUT2D eigenvalue weighted by atomic mass is 10.1. The van der Waals surface area contributed by atoms with E-state index in [2.05, 4.69) is 8.47 Å². The molecule has 0 fully saturated rings. The molecule has 7 nitrogen and oxygen atoms in total. The third-order valence-corrected chi connectivity index (χ3v) is 7.04. The molecule has 0 saturated carbocycles. The summed E-state index contributed by atoms with van der Waals surface area (Å²) in [5.74, 6) is 4.73. The summed E-state index contributed by atoms with van der Waals surface area (Å²) < 4.78 is 54.4. The molecule has 2 aromatic carbocycles. The Bertz CT molecular complexity index is 940. The highest BCUT2D eigenvalue weighted by Gasteiger charge is 2.20. The minimum Gasteiger partial charge on any atom is -0.270 e. The van der Waals surface area contributed by atoms with Gasteiger partial charge >= 0.3 is 10.1 Å². The minimum atomic E-state index is -3.80. The van der Waals surface area contributed by atoms with Crippen molar-refractivity contribution in [2.75, 3.05) is 7.11 Å². The minimum absolute atomic E-state index is 0.158. The van der Waals surface area contributed by atoms with E-state index < -0.39 is 20.2 Å². The molecule has 0 heterocycles. The van der Waals surface area contributed by atoms with Crippen molar-refractivity contribution in [3.63, 3.8) is 0 Å². The van der Waals surface area contributed by atoms with E-state index in [-0.39, 0.29) is 9.79 Å². The van der Waals surface area contributed by atoms with Crippen LogP contribution in [0.15, 0.2) is 34.1 Å². The van der Waals surface area contributed by atoms with Gasteiger partial charge in [-0.1, -0.05) is 35.4 Å². The maximum atomic E-state index is 11.5. The van der Waals surface area contributed by atoms with E-state index in [9.17, 15) is 16.8 Å². The second-order valence-electron chi connectivity index (χ2n) is 6.63. The first-order chi connectivity index (χ1) is 12.8. The van der Waals surface area contributed by atoms with Crippen molar-refractivity contribution in [3.8, 4) is 0 Å². The zero-order valence-corrected chi connectivity index (χ0v) is 18.8. The third kappa shape index (κ3) is 5.62. The first-order valence-corrected chi connectivity index (χ1v) is 11.2.